The van der Waals surface area contributed by atoms with Crippen LogP contribution in [0.1, 0.15) is 24.2 Å². The zero-order valence-electron chi connectivity index (χ0n) is 11.1. The molecule has 0 saturated heterocycles. The molecule has 0 aliphatic rings. The number of ether oxygens (including phenoxy) is 1. The first-order valence-corrected chi connectivity index (χ1v) is 6.17. The molecular weight excluding hydrogens is 242 g/mol. The van der Waals surface area contributed by atoms with E-state index in [4.69, 9.17) is 14.9 Å². The van der Waals surface area contributed by atoms with Crippen LogP contribution in [0.25, 0.3) is 11.1 Å². The molecule has 100 valence electrons. The predicted molar refractivity (Wildman–Crippen MR) is 73.0 cm³/mol. The smallest absolute Gasteiger partial charge is 0.249 e. The standard InChI is InChI=1S/C15H17NO3/c1-10(2)8-19-13-5-3-4-12(15(16)17)14(13)11-6-7-18-9-11/h3-7,9-10H,8H2,1-2H3,(H2,16,17). The molecule has 4 heteroatoms. The van der Waals surface area contributed by atoms with E-state index in [9.17, 15) is 4.79 Å². The third-order valence-electron chi connectivity index (χ3n) is 2.67. The van der Waals surface area contributed by atoms with E-state index in [2.05, 4.69) is 13.8 Å². The van der Waals surface area contributed by atoms with E-state index in [0.717, 1.165) is 5.56 Å². The lowest BCUT2D eigenvalue weighted by molar-refractivity contribution is 0.100. The molecule has 0 saturated carbocycles. The maximum atomic E-state index is 11.5. The van der Waals surface area contributed by atoms with Crippen LogP contribution < -0.4 is 10.5 Å². The number of primary amides is 1. The van der Waals surface area contributed by atoms with E-state index < -0.39 is 5.91 Å². The second-order valence-electron chi connectivity index (χ2n) is 4.76. The molecule has 2 rings (SSSR count). The van der Waals surface area contributed by atoms with Crippen LogP contribution in [0.2, 0.25) is 0 Å². The summed E-state index contributed by atoms with van der Waals surface area (Å²) in [5, 5.41) is 0. The van der Waals surface area contributed by atoms with Crippen molar-refractivity contribution in [1.82, 2.24) is 0 Å². The lowest BCUT2D eigenvalue weighted by atomic mass is 10.0. The Bertz CT molecular complexity index is 559. The molecule has 0 radical (unpaired) electrons. The lowest BCUT2D eigenvalue weighted by Crippen LogP contribution is -2.13. The third kappa shape index (κ3) is 2.96. The highest BCUT2D eigenvalue weighted by molar-refractivity contribution is 6.01. The van der Waals surface area contributed by atoms with Gasteiger partial charge in [-0.15, -0.1) is 0 Å². The SMILES string of the molecule is CC(C)COc1cccc(C(N)=O)c1-c1ccoc1. The van der Waals surface area contributed by atoms with Gasteiger partial charge in [-0.05, 0) is 24.1 Å². The number of rotatable bonds is 5. The van der Waals surface area contributed by atoms with Crippen LogP contribution in [0, 0.1) is 5.92 Å². The fraction of sp³-hybridized carbons (Fsp3) is 0.267. The number of carbonyl (C=O) groups excluding carboxylic acids is 1. The van der Waals surface area contributed by atoms with Gasteiger partial charge in [0.2, 0.25) is 5.91 Å². The molecule has 0 bridgehead atoms. The third-order valence-corrected chi connectivity index (χ3v) is 2.67. The summed E-state index contributed by atoms with van der Waals surface area (Å²) < 4.78 is 10.8. The highest BCUT2D eigenvalue weighted by atomic mass is 16.5. The molecule has 19 heavy (non-hydrogen) atoms. The average molecular weight is 259 g/mol. The first kappa shape index (κ1) is 13.2. The Balaban J connectivity index is 2.48. The van der Waals surface area contributed by atoms with Gasteiger partial charge >= 0.3 is 0 Å². The number of furan rings is 1. The molecule has 0 unspecified atom stereocenters. The van der Waals surface area contributed by atoms with Crippen LogP contribution in [0.3, 0.4) is 0 Å². The molecule has 1 aromatic heterocycles. The van der Waals surface area contributed by atoms with Crippen molar-refractivity contribution in [2.24, 2.45) is 11.7 Å². The topological polar surface area (TPSA) is 65.5 Å². The van der Waals surface area contributed by atoms with Crippen molar-refractivity contribution < 1.29 is 13.9 Å². The Hall–Kier alpha value is -2.23. The van der Waals surface area contributed by atoms with Crippen LogP contribution in [0.15, 0.2) is 41.2 Å². The van der Waals surface area contributed by atoms with Crippen molar-refractivity contribution >= 4 is 5.91 Å². The summed E-state index contributed by atoms with van der Waals surface area (Å²) in [6, 6.07) is 7.06. The summed E-state index contributed by atoms with van der Waals surface area (Å²) in [5.74, 6) is 0.562. The van der Waals surface area contributed by atoms with E-state index in [1.165, 1.54) is 0 Å². The number of hydrogen-bond acceptors (Lipinski definition) is 3. The van der Waals surface area contributed by atoms with E-state index >= 15 is 0 Å². The van der Waals surface area contributed by atoms with Crippen LogP contribution in [-0.2, 0) is 0 Å². The Labute approximate surface area is 112 Å². The Morgan fingerprint density at radius 1 is 1.37 bits per heavy atom. The molecule has 0 atom stereocenters. The minimum absolute atomic E-state index is 0.398. The minimum atomic E-state index is -0.480. The number of amides is 1. The zero-order chi connectivity index (χ0) is 13.8. The first-order chi connectivity index (χ1) is 9.09. The van der Waals surface area contributed by atoms with Crippen molar-refractivity contribution in [2.45, 2.75) is 13.8 Å². The van der Waals surface area contributed by atoms with E-state index in [1.807, 2.05) is 6.07 Å². The second-order valence-corrected chi connectivity index (χ2v) is 4.76. The molecule has 0 aliphatic carbocycles. The maximum absolute atomic E-state index is 11.5. The molecule has 0 aliphatic heterocycles. The highest BCUT2D eigenvalue weighted by Crippen LogP contribution is 2.34. The fourth-order valence-corrected chi connectivity index (χ4v) is 1.82. The van der Waals surface area contributed by atoms with Gasteiger partial charge in [0.05, 0.1) is 24.7 Å². The summed E-state index contributed by atoms with van der Waals surface area (Å²) >= 11 is 0. The first-order valence-electron chi connectivity index (χ1n) is 6.17. The van der Waals surface area contributed by atoms with Gasteiger partial charge in [-0.1, -0.05) is 19.9 Å². The molecular formula is C15H17NO3. The maximum Gasteiger partial charge on any atom is 0.249 e. The van der Waals surface area contributed by atoms with Gasteiger partial charge in [0.1, 0.15) is 5.75 Å². The van der Waals surface area contributed by atoms with Gasteiger partial charge in [-0.3, -0.25) is 4.79 Å². The molecule has 1 heterocycles. The molecule has 4 nitrogen and oxygen atoms in total. The van der Waals surface area contributed by atoms with Crippen LogP contribution in [-0.4, -0.2) is 12.5 Å². The van der Waals surface area contributed by atoms with Gasteiger partial charge < -0.3 is 14.9 Å². The van der Waals surface area contributed by atoms with Crippen LogP contribution >= 0.6 is 0 Å². The lowest BCUT2D eigenvalue weighted by Gasteiger charge is -2.14. The Morgan fingerprint density at radius 3 is 2.74 bits per heavy atom. The molecule has 2 aromatic rings. The van der Waals surface area contributed by atoms with Gasteiger partial charge in [0.15, 0.2) is 0 Å². The molecule has 1 aromatic carbocycles. The number of benzene rings is 1. The minimum Gasteiger partial charge on any atom is -0.493 e. The predicted octanol–water partition coefficient (Wildman–Crippen LogP) is 3.08. The number of hydrogen-bond donors (Lipinski definition) is 1. The van der Waals surface area contributed by atoms with E-state index in [1.54, 1.807) is 30.7 Å². The quantitative estimate of drug-likeness (QED) is 0.897. The van der Waals surface area contributed by atoms with Crippen molar-refractivity contribution in [1.29, 1.82) is 0 Å². The Morgan fingerprint density at radius 2 is 2.16 bits per heavy atom. The van der Waals surface area contributed by atoms with Gasteiger partial charge in [-0.2, -0.15) is 0 Å². The van der Waals surface area contributed by atoms with Gasteiger partial charge in [0, 0.05) is 11.1 Å². The van der Waals surface area contributed by atoms with E-state index in [-0.39, 0.29) is 0 Å². The molecule has 2 N–H and O–H groups in total. The molecule has 0 fully saturated rings. The summed E-state index contributed by atoms with van der Waals surface area (Å²) in [6.45, 7) is 4.71. The molecule has 0 spiro atoms. The van der Waals surface area contributed by atoms with Crippen LogP contribution in [0.4, 0.5) is 0 Å². The zero-order valence-corrected chi connectivity index (χ0v) is 11.1. The highest BCUT2D eigenvalue weighted by Gasteiger charge is 2.16. The van der Waals surface area contributed by atoms with Crippen molar-refractivity contribution in [3.05, 3.63) is 42.4 Å². The monoisotopic (exact) mass is 259 g/mol. The van der Waals surface area contributed by atoms with Crippen molar-refractivity contribution in [3.63, 3.8) is 0 Å². The van der Waals surface area contributed by atoms with E-state index in [0.29, 0.717) is 29.4 Å². The molecule has 1 amide bonds. The summed E-state index contributed by atoms with van der Waals surface area (Å²) in [6.07, 6.45) is 3.13. The number of nitrogens with two attached hydrogens (primary N) is 1. The largest absolute Gasteiger partial charge is 0.493 e. The van der Waals surface area contributed by atoms with Gasteiger partial charge in [0.25, 0.3) is 0 Å². The summed E-state index contributed by atoms with van der Waals surface area (Å²) in [7, 11) is 0. The van der Waals surface area contributed by atoms with Crippen molar-refractivity contribution in [2.75, 3.05) is 6.61 Å². The average Bonchev–Trinajstić information content (AvgIpc) is 2.89. The second kappa shape index (κ2) is 5.61. The number of carbonyl (C=O) groups is 1. The Kier molecular flexibility index (Phi) is 3.90. The summed E-state index contributed by atoms with van der Waals surface area (Å²) in [5.41, 5.74) is 7.32. The normalized spacial score (nSPS) is 10.7. The van der Waals surface area contributed by atoms with Crippen molar-refractivity contribution in [3.8, 4) is 16.9 Å². The fourth-order valence-electron chi connectivity index (χ4n) is 1.82. The van der Waals surface area contributed by atoms with Gasteiger partial charge in [-0.25, -0.2) is 0 Å². The summed E-state index contributed by atoms with van der Waals surface area (Å²) in [4.78, 5) is 11.5. The van der Waals surface area contributed by atoms with Crippen LogP contribution in [0.5, 0.6) is 5.75 Å².